The molecule has 4 aromatic carbocycles. The Labute approximate surface area is 271 Å². The number of hydroxylamine groups is 1. The van der Waals surface area contributed by atoms with Crippen LogP contribution < -0.4 is 35.2 Å². The second-order valence-corrected chi connectivity index (χ2v) is 9.91. The minimum atomic E-state index is -0.638. The lowest BCUT2D eigenvalue weighted by Gasteiger charge is -2.22. The lowest BCUT2D eigenvalue weighted by Crippen LogP contribution is -2.29. The normalized spacial score (nSPS) is 10.4. The fourth-order valence-electron chi connectivity index (χ4n) is 4.62. The zero-order valence-corrected chi connectivity index (χ0v) is 26.2. The summed E-state index contributed by atoms with van der Waals surface area (Å²) < 4.78 is 16.1. The third kappa shape index (κ3) is 8.22. The number of urea groups is 1. The second-order valence-electron chi connectivity index (χ2n) is 9.91. The number of anilines is 5. The first kappa shape index (κ1) is 32.0. The smallest absolute Gasteiger partial charge is 0.329 e. The summed E-state index contributed by atoms with van der Waals surface area (Å²) in [5.74, 6) is 0.776. The summed E-state index contributed by atoms with van der Waals surface area (Å²) in [6.07, 6.45) is 0. The van der Waals surface area contributed by atoms with Crippen LogP contribution in [0.25, 0.3) is 11.1 Å². The van der Waals surface area contributed by atoms with Crippen LogP contribution in [0.2, 0.25) is 0 Å². The number of nitrogens with one attached hydrogen (secondary N) is 3. The lowest BCUT2D eigenvalue weighted by atomic mass is 10.0. The van der Waals surface area contributed by atoms with Crippen molar-refractivity contribution in [3.05, 3.63) is 103 Å². The van der Waals surface area contributed by atoms with E-state index >= 15 is 0 Å². The van der Waals surface area contributed by atoms with E-state index in [1.165, 1.54) is 33.3 Å². The number of carbonyl (C=O) groups excluding carboxylic acids is 2. The standard InChI is InChI=1S/C34H33N7O6/c1-22(42)47-41(21-23-18-19-29(45-3)30(20-23)46-4)33-38-31(35-26-15-9-8-14-25(26)24-12-6-5-7-13-24)37-32(39-33)40-34(43)36-27-16-10-11-17-28(27)44-2/h5-20H,21H2,1-4H3,(H3,35,36,37,38,39,40,43). The van der Waals surface area contributed by atoms with Gasteiger partial charge in [0, 0.05) is 18.2 Å². The van der Waals surface area contributed by atoms with Crippen LogP contribution in [0.15, 0.2) is 97.1 Å². The molecule has 0 saturated heterocycles. The molecule has 0 aliphatic rings. The number of aromatic nitrogens is 3. The predicted octanol–water partition coefficient (Wildman–Crippen LogP) is 6.44. The number of amides is 2. The van der Waals surface area contributed by atoms with Crippen molar-refractivity contribution >= 4 is 41.2 Å². The van der Waals surface area contributed by atoms with Gasteiger partial charge in [0.2, 0.25) is 11.9 Å². The van der Waals surface area contributed by atoms with Gasteiger partial charge in [-0.3, -0.25) is 10.1 Å². The molecule has 0 radical (unpaired) electrons. The molecule has 0 spiro atoms. The van der Waals surface area contributed by atoms with Gasteiger partial charge in [0.15, 0.2) is 11.5 Å². The minimum Gasteiger partial charge on any atom is -0.495 e. The molecule has 0 atom stereocenters. The Bertz CT molecular complexity index is 1850. The highest BCUT2D eigenvalue weighted by molar-refractivity contribution is 5.99. The molecule has 1 aromatic heterocycles. The largest absolute Gasteiger partial charge is 0.495 e. The van der Waals surface area contributed by atoms with Crippen molar-refractivity contribution < 1.29 is 28.6 Å². The molecule has 2 amide bonds. The van der Waals surface area contributed by atoms with E-state index in [4.69, 9.17) is 19.0 Å². The molecule has 0 unspecified atom stereocenters. The predicted molar refractivity (Wildman–Crippen MR) is 178 cm³/mol. The Balaban J connectivity index is 1.53. The van der Waals surface area contributed by atoms with Gasteiger partial charge in [0.05, 0.1) is 33.6 Å². The van der Waals surface area contributed by atoms with E-state index in [1.807, 2.05) is 54.6 Å². The minimum absolute atomic E-state index is 0.0246. The monoisotopic (exact) mass is 635 g/mol. The van der Waals surface area contributed by atoms with Crippen LogP contribution in [0.3, 0.4) is 0 Å². The third-order valence-corrected chi connectivity index (χ3v) is 6.70. The van der Waals surface area contributed by atoms with Gasteiger partial charge in [-0.2, -0.15) is 20.0 Å². The van der Waals surface area contributed by atoms with Crippen molar-refractivity contribution in [3.63, 3.8) is 0 Å². The number of rotatable bonds is 12. The third-order valence-electron chi connectivity index (χ3n) is 6.70. The van der Waals surface area contributed by atoms with E-state index in [1.54, 1.807) is 42.5 Å². The van der Waals surface area contributed by atoms with E-state index in [-0.39, 0.29) is 24.4 Å². The average Bonchev–Trinajstić information content (AvgIpc) is 3.08. The van der Waals surface area contributed by atoms with E-state index in [0.717, 1.165) is 11.1 Å². The Morgan fingerprint density at radius 1 is 0.681 bits per heavy atom. The maximum atomic E-state index is 13.1. The first-order valence-corrected chi connectivity index (χ1v) is 14.4. The second kappa shape index (κ2) is 15.1. The molecule has 0 bridgehead atoms. The van der Waals surface area contributed by atoms with Gasteiger partial charge >= 0.3 is 12.0 Å². The molecule has 13 heteroatoms. The van der Waals surface area contributed by atoms with Gasteiger partial charge in [-0.05, 0) is 41.5 Å². The van der Waals surface area contributed by atoms with Crippen molar-refractivity contribution in [3.8, 4) is 28.4 Å². The highest BCUT2D eigenvalue weighted by Crippen LogP contribution is 2.31. The SMILES string of the molecule is COc1ccccc1NC(=O)Nc1nc(Nc2ccccc2-c2ccccc2)nc(N(Cc2ccc(OC)c(OC)c2)OC(C)=O)n1. The van der Waals surface area contributed by atoms with Crippen LogP contribution in [0.1, 0.15) is 12.5 Å². The molecule has 0 aliphatic carbocycles. The van der Waals surface area contributed by atoms with Crippen LogP contribution in [0, 0.1) is 0 Å². The highest BCUT2D eigenvalue weighted by atomic mass is 16.7. The van der Waals surface area contributed by atoms with Gasteiger partial charge in [0.25, 0.3) is 5.95 Å². The van der Waals surface area contributed by atoms with E-state index in [2.05, 4.69) is 30.9 Å². The molecule has 0 fully saturated rings. The van der Waals surface area contributed by atoms with E-state index in [9.17, 15) is 9.59 Å². The number of para-hydroxylation sites is 3. The molecule has 5 rings (SSSR count). The van der Waals surface area contributed by atoms with Crippen molar-refractivity contribution in [2.24, 2.45) is 0 Å². The fourth-order valence-corrected chi connectivity index (χ4v) is 4.62. The van der Waals surface area contributed by atoms with Crippen LogP contribution in [-0.2, 0) is 16.2 Å². The molecule has 13 nitrogen and oxygen atoms in total. The number of benzene rings is 4. The quantitative estimate of drug-likeness (QED) is 0.130. The summed E-state index contributed by atoms with van der Waals surface area (Å²) in [5.41, 5.74) is 3.68. The van der Waals surface area contributed by atoms with Gasteiger partial charge in [-0.15, -0.1) is 0 Å². The van der Waals surface area contributed by atoms with Gasteiger partial charge in [-0.25, -0.2) is 4.79 Å². The van der Waals surface area contributed by atoms with Gasteiger partial charge in [-0.1, -0.05) is 66.7 Å². The van der Waals surface area contributed by atoms with Crippen molar-refractivity contribution in [2.45, 2.75) is 13.5 Å². The Kier molecular flexibility index (Phi) is 10.3. The summed E-state index contributed by atoms with van der Waals surface area (Å²) in [7, 11) is 4.57. The fraction of sp³-hybridized carbons (Fsp3) is 0.147. The Hall–Kier alpha value is -6.37. The van der Waals surface area contributed by atoms with Crippen molar-refractivity contribution in [2.75, 3.05) is 42.3 Å². The number of nitrogens with zero attached hydrogens (tertiary/aromatic N) is 4. The topological polar surface area (TPSA) is 149 Å². The summed E-state index contributed by atoms with van der Waals surface area (Å²) >= 11 is 0. The first-order chi connectivity index (χ1) is 22.9. The van der Waals surface area contributed by atoms with Crippen LogP contribution in [-0.4, -0.2) is 48.3 Å². The molecule has 0 saturated carbocycles. The molecular weight excluding hydrogens is 602 g/mol. The molecule has 47 heavy (non-hydrogen) atoms. The first-order valence-electron chi connectivity index (χ1n) is 14.4. The van der Waals surface area contributed by atoms with Crippen LogP contribution in [0.4, 0.5) is 34.0 Å². The van der Waals surface area contributed by atoms with Gasteiger partial charge in [0.1, 0.15) is 5.75 Å². The van der Waals surface area contributed by atoms with Crippen LogP contribution in [0.5, 0.6) is 17.2 Å². The zero-order valence-electron chi connectivity index (χ0n) is 26.2. The molecule has 240 valence electrons. The molecule has 5 aromatic rings. The number of hydrogen-bond acceptors (Lipinski definition) is 11. The maximum absolute atomic E-state index is 13.1. The summed E-state index contributed by atoms with van der Waals surface area (Å²) in [6.45, 7) is 1.29. The maximum Gasteiger partial charge on any atom is 0.329 e. The molecular formula is C34H33N7O6. The van der Waals surface area contributed by atoms with Gasteiger partial charge < -0.3 is 29.7 Å². The molecule has 3 N–H and O–H groups in total. The van der Waals surface area contributed by atoms with Crippen LogP contribution >= 0.6 is 0 Å². The van der Waals surface area contributed by atoms with Crippen molar-refractivity contribution in [1.29, 1.82) is 0 Å². The number of hydrogen-bond donors (Lipinski definition) is 3. The van der Waals surface area contributed by atoms with Crippen molar-refractivity contribution in [1.82, 2.24) is 15.0 Å². The summed E-state index contributed by atoms with van der Waals surface area (Å²) in [4.78, 5) is 44.4. The van der Waals surface area contributed by atoms with E-state index < -0.39 is 12.0 Å². The zero-order chi connectivity index (χ0) is 33.2. The number of methoxy groups -OCH3 is 3. The highest BCUT2D eigenvalue weighted by Gasteiger charge is 2.21. The molecule has 0 aliphatic heterocycles. The number of ether oxygens (including phenoxy) is 3. The van der Waals surface area contributed by atoms with E-state index in [0.29, 0.717) is 34.2 Å². The number of carbonyl (C=O) groups is 2. The Morgan fingerprint density at radius 3 is 2.06 bits per heavy atom. The summed E-state index contributed by atoms with van der Waals surface area (Å²) in [5, 5.41) is 9.82. The Morgan fingerprint density at radius 2 is 1.34 bits per heavy atom. The average molecular weight is 636 g/mol. The summed E-state index contributed by atoms with van der Waals surface area (Å²) in [6, 6.07) is 29.0. The lowest BCUT2D eigenvalue weighted by molar-refractivity contribution is -0.142. The molecule has 1 heterocycles.